The first kappa shape index (κ1) is 29.7. The molecule has 2 amide bonds. The lowest BCUT2D eigenvalue weighted by Crippen LogP contribution is -2.49. The second kappa shape index (κ2) is 13.4. The number of nitrogens with one attached hydrogen (secondary N) is 1. The number of aliphatic hydroxyl groups is 1. The molecule has 1 heterocycles. The van der Waals surface area contributed by atoms with Gasteiger partial charge in [0.05, 0.1) is 19.8 Å². The van der Waals surface area contributed by atoms with Crippen LogP contribution in [0.4, 0.5) is 4.79 Å². The van der Waals surface area contributed by atoms with Crippen molar-refractivity contribution in [2.24, 2.45) is 11.3 Å². The average molecular weight is 553 g/mol. The molecule has 1 saturated carbocycles. The van der Waals surface area contributed by atoms with Crippen molar-refractivity contribution in [1.82, 2.24) is 10.2 Å². The topological polar surface area (TPSA) is 97.3 Å². The first-order valence-electron chi connectivity index (χ1n) is 14.5. The summed E-state index contributed by atoms with van der Waals surface area (Å²) in [6, 6.07) is 14.6. The molecule has 2 aliphatic rings. The van der Waals surface area contributed by atoms with Gasteiger partial charge in [-0.05, 0) is 55.4 Å². The Morgan fingerprint density at radius 3 is 2.55 bits per heavy atom. The van der Waals surface area contributed by atoms with Crippen molar-refractivity contribution in [3.05, 3.63) is 59.7 Å². The van der Waals surface area contributed by atoms with E-state index in [2.05, 4.69) is 12.2 Å². The van der Waals surface area contributed by atoms with Gasteiger partial charge < -0.3 is 29.5 Å². The number of carbonyl (C=O) groups excluding carboxylic acids is 2. The number of likely N-dealkylation sites (tertiary alicyclic amines) is 1. The molecule has 2 aromatic carbocycles. The minimum Gasteiger partial charge on any atom is -0.493 e. The molecule has 4 rings (SSSR count). The Morgan fingerprint density at radius 1 is 1.15 bits per heavy atom. The Balaban J connectivity index is 1.49. The highest BCUT2D eigenvalue weighted by atomic mass is 16.5. The quantitative estimate of drug-likeness (QED) is 0.351. The number of alkyl carbamates (subject to hydrolysis) is 1. The number of benzene rings is 2. The summed E-state index contributed by atoms with van der Waals surface area (Å²) in [7, 11) is 1.63. The van der Waals surface area contributed by atoms with E-state index in [1.54, 1.807) is 18.9 Å². The summed E-state index contributed by atoms with van der Waals surface area (Å²) in [5, 5.41) is 13.7. The highest BCUT2D eigenvalue weighted by Gasteiger charge is 2.49. The lowest BCUT2D eigenvalue weighted by Gasteiger charge is -2.34. The summed E-state index contributed by atoms with van der Waals surface area (Å²) < 4.78 is 17.1. The third-order valence-electron chi connectivity index (χ3n) is 8.41. The number of methoxy groups -OCH3 is 1. The molecule has 4 atom stereocenters. The zero-order chi connectivity index (χ0) is 28.7. The Labute approximate surface area is 238 Å². The molecule has 0 radical (unpaired) electrons. The van der Waals surface area contributed by atoms with Crippen LogP contribution < -0.4 is 14.8 Å². The second-order valence-electron chi connectivity index (χ2n) is 11.5. The van der Waals surface area contributed by atoms with Gasteiger partial charge in [0.1, 0.15) is 12.6 Å². The van der Waals surface area contributed by atoms with Gasteiger partial charge in [-0.2, -0.15) is 0 Å². The fourth-order valence-corrected chi connectivity index (χ4v) is 5.40. The SMILES string of the molecule is CCCC[C@H](NC(=O)OCc1ccccc1)C(=O)N1C[C@@H](c2ccc(OC)c(OCC3CC3)c2)[C@](C)([C@@H](C)O)C1. The fraction of sp³-hybridized carbons (Fsp3) is 0.562. The van der Waals surface area contributed by atoms with Crippen LogP contribution in [0.5, 0.6) is 11.5 Å². The molecule has 8 heteroatoms. The van der Waals surface area contributed by atoms with Crippen molar-refractivity contribution < 1.29 is 28.9 Å². The van der Waals surface area contributed by atoms with Gasteiger partial charge in [-0.3, -0.25) is 4.79 Å². The van der Waals surface area contributed by atoms with Crippen LogP contribution in [0.3, 0.4) is 0 Å². The molecule has 1 aliphatic heterocycles. The molecule has 1 aliphatic carbocycles. The first-order valence-corrected chi connectivity index (χ1v) is 14.5. The summed E-state index contributed by atoms with van der Waals surface area (Å²) in [5.74, 6) is 1.68. The highest BCUT2D eigenvalue weighted by molar-refractivity contribution is 5.86. The number of aliphatic hydroxyl groups excluding tert-OH is 1. The van der Waals surface area contributed by atoms with E-state index in [0.717, 1.165) is 24.0 Å². The normalized spacial score (nSPS) is 21.9. The van der Waals surface area contributed by atoms with E-state index in [-0.39, 0.29) is 18.4 Å². The van der Waals surface area contributed by atoms with Crippen LogP contribution in [-0.2, 0) is 16.1 Å². The van der Waals surface area contributed by atoms with Gasteiger partial charge in [0.15, 0.2) is 11.5 Å². The third-order valence-corrected chi connectivity index (χ3v) is 8.41. The zero-order valence-electron chi connectivity index (χ0n) is 24.2. The van der Waals surface area contributed by atoms with Gasteiger partial charge in [0.25, 0.3) is 0 Å². The van der Waals surface area contributed by atoms with Crippen LogP contribution in [0.25, 0.3) is 0 Å². The number of ether oxygens (including phenoxy) is 3. The number of carbonyl (C=O) groups is 2. The standard InChI is InChI=1S/C32H44N2O6/c1-5-6-12-27(33-31(37)40-20-23-10-8-7-9-11-23)30(36)34-18-26(32(3,21-34)22(2)35)25-15-16-28(38-4)29(17-25)39-19-24-13-14-24/h7-11,15-17,22,24,26-27,35H,5-6,12-14,18-21H2,1-4H3,(H,33,37)/t22-,26+,27+,32+/m1/s1. The predicted molar refractivity (Wildman–Crippen MR) is 153 cm³/mol. The van der Waals surface area contributed by atoms with Crippen molar-refractivity contribution in [2.45, 2.75) is 77.5 Å². The number of rotatable bonds is 13. The highest BCUT2D eigenvalue weighted by Crippen LogP contribution is 2.47. The lowest BCUT2D eigenvalue weighted by atomic mass is 9.72. The average Bonchev–Trinajstić information content (AvgIpc) is 3.72. The van der Waals surface area contributed by atoms with Crippen LogP contribution in [0, 0.1) is 11.3 Å². The largest absolute Gasteiger partial charge is 0.493 e. The molecule has 2 fully saturated rings. The molecule has 40 heavy (non-hydrogen) atoms. The van der Waals surface area contributed by atoms with Crippen molar-refractivity contribution in [1.29, 1.82) is 0 Å². The van der Waals surface area contributed by atoms with E-state index in [9.17, 15) is 14.7 Å². The molecule has 8 nitrogen and oxygen atoms in total. The Bertz CT molecular complexity index is 1140. The maximum atomic E-state index is 13.8. The van der Waals surface area contributed by atoms with Gasteiger partial charge >= 0.3 is 6.09 Å². The number of amides is 2. The summed E-state index contributed by atoms with van der Waals surface area (Å²) >= 11 is 0. The molecular weight excluding hydrogens is 508 g/mol. The molecule has 0 unspecified atom stereocenters. The number of unbranched alkanes of at least 4 members (excludes halogenated alkanes) is 1. The van der Waals surface area contributed by atoms with Crippen LogP contribution >= 0.6 is 0 Å². The van der Waals surface area contributed by atoms with Crippen LogP contribution in [0.2, 0.25) is 0 Å². The van der Waals surface area contributed by atoms with E-state index in [0.29, 0.717) is 43.5 Å². The van der Waals surface area contributed by atoms with Crippen LogP contribution in [-0.4, -0.2) is 61.0 Å². The van der Waals surface area contributed by atoms with Crippen molar-refractivity contribution >= 4 is 12.0 Å². The Morgan fingerprint density at radius 2 is 1.90 bits per heavy atom. The Hall–Kier alpha value is -3.26. The van der Waals surface area contributed by atoms with Crippen molar-refractivity contribution in [2.75, 3.05) is 26.8 Å². The number of nitrogens with zero attached hydrogens (tertiary/aromatic N) is 1. The molecule has 0 spiro atoms. The lowest BCUT2D eigenvalue weighted by molar-refractivity contribution is -0.133. The third kappa shape index (κ3) is 7.27. The summed E-state index contributed by atoms with van der Waals surface area (Å²) in [6.07, 6.45) is 3.31. The van der Waals surface area contributed by atoms with Gasteiger partial charge in [0, 0.05) is 24.4 Å². The maximum absolute atomic E-state index is 13.8. The van der Waals surface area contributed by atoms with Gasteiger partial charge in [-0.1, -0.05) is 63.1 Å². The van der Waals surface area contributed by atoms with Crippen LogP contribution in [0.15, 0.2) is 48.5 Å². The minimum absolute atomic E-state index is 0.123. The molecule has 0 bridgehead atoms. The van der Waals surface area contributed by atoms with E-state index in [1.807, 2.05) is 55.5 Å². The molecule has 0 aromatic heterocycles. The van der Waals surface area contributed by atoms with E-state index in [4.69, 9.17) is 14.2 Å². The van der Waals surface area contributed by atoms with E-state index in [1.165, 1.54) is 12.8 Å². The first-order chi connectivity index (χ1) is 19.2. The molecule has 218 valence electrons. The predicted octanol–water partition coefficient (Wildman–Crippen LogP) is 5.28. The minimum atomic E-state index is -0.700. The summed E-state index contributed by atoms with van der Waals surface area (Å²) in [4.78, 5) is 28.3. The Kier molecular flexibility index (Phi) is 9.95. The molecule has 1 saturated heterocycles. The number of hydrogen-bond donors (Lipinski definition) is 2. The fourth-order valence-electron chi connectivity index (χ4n) is 5.40. The molecule has 2 aromatic rings. The number of hydrogen-bond acceptors (Lipinski definition) is 6. The smallest absolute Gasteiger partial charge is 0.408 e. The van der Waals surface area contributed by atoms with E-state index < -0.39 is 23.7 Å². The monoisotopic (exact) mass is 552 g/mol. The second-order valence-corrected chi connectivity index (χ2v) is 11.5. The summed E-state index contributed by atoms with van der Waals surface area (Å²) in [6.45, 7) is 7.46. The van der Waals surface area contributed by atoms with E-state index >= 15 is 0 Å². The molecular formula is C32H44N2O6. The van der Waals surface area contributed by atoms with Crippen LogP contribution in [0.1, 0.15) is 69.9 Å². The van der Waals surface area contributed by atoms with Gasteiger partial charge in [0.2, 0.25) is 5.91 Å². The maximum Gasteiger partial charge on any atom is 0.408 e. The van der Waals surface area contributed by atoms with Crippen molar-refractivity contribution in [3.63, 3.8) is 0 Å². The summed E-state index contributed by atoms with van der Waals surface area (Å²) in [5.41, 5.74) is 1.29. The zero-order valence-corrected chi connectivity index (χ0v) is 24.2. The van der Waals surface area contributed by atoms with Gasteiger partial charge in [-0.15, -0.1) is 0 Å². The van der Waals surface area contributed by atoms with Gasteiger partial charge in [-0.25, -0.2) is 4.79 Å². The van der Waals surface area contributed by atoms with Crippen molar-refractivity contribution in [3.8, 4) is 11.5 Å². The molecule has 2 N–H and O–H groups in total.